The number of nitrogens with zero attached hydrogens (tertiary/aromatic N) is 3. The number of fused-ring (bicyclic) bond motifs is 2. The molecule has 1 aromatic heterocycles. The fourth-order valence-corrected chi connectivity index (χ4v) is 5.50. The molecule has 0 radical (unpaired) electrons. The lowest BCUT2D eigenvalue weighted by molar-refractivity contribution is 0.0547. The summed E-state index contributed by atoms with van der Waals surface area (Å²) in [6, 6.07) is 11.6. The molecule has 198 valence electrons. The maximum absolute atomic E-state index is 13.6. The van der Waals surface area contributed by atoms with Gasteiger partial charge in [0.1, 0.15) is 17.4 Å². The minimum Gasteiger partial charge on any atom is -0.477 e. The summed E-state index contributed by atoms with van der Waals surface area (Å²) in [6.07, 6.45) is 3.15. The third kappa shape index (κ3) is 5.09. The van der Waals surface area contributed by atoms with Crippen molar-refractivity contribution in [3.8, 4) is 23.1 Å². The number of amides is 1. The molecule has 1 amide bonds. The van der Waals surface area contributed by atoms with E-state index in [-0.39, 0.29) is 29.8 Å². The zero-order valence-electron chi connectivity index (χ0n) is 21.9. The summed E-state index contributed by atoms with van der Waals surface area (Å²) >= 11 is 6.57. The van der Waals surface area contributed by atoms with Gasteiger partial charge in [-0.2, -0.15) is 5.26 Å². The van der Waals surface area contributed by atoms with Crippen molar-refractivity contribution < 1.29 is 19.1 Å². The second-order valence-corrected chi connectivity index (χ2v) is 11.2. The topological polar surface area (TPSA) is 96.6 Å². The molecule has 0 atom stereocenters. The number of likely N-dealkylation sites (tertiary alicyclic amines) is 1. The molecule has 38 heavy (non-hydrogen) atoms. The standard InChI is InChI=1S/C29H31ClN4O4/c1-29(2,3)38-28(36)34-22-8-7-18(17-33-10-5-4-6-11-33)13-19(22)14-23(34)20-15-24(37-12-9-31)26(30)21-16-32-27(35)25(20)21/h7-8,13-15H,4-6,10-12,16-17H2,1-3H3,(H,32,35). The van der Waals surface area contributed by atoms with Gasteiger partial charge in [-0.1, -0.05) is 24.1 Å². The van der Waals surface area contributed by atoms with Crippen LogP contribution in [0, 0.1) is 11.3 Å². The van der Waals surface area contributed by atoms with Crippen molar-refractivity contribution in [3.05, 3.63) is 52.0 Å². The summed E-state index contributed by atoms with van der Waals surface area (Å²) in [4.78, 5) is 29.0. The van der Waals surface area contributed by atoms with Crippen LogP contribution in [0.1, 0.15) is 61.5 Å². The lowest BCUT2D eigenvalue weighted by atomic mass is 9.99. The number of rotatable bonds is 5. The maximum atomic E-state index is 13.6. The van der Waals surface area contributed by atoms with Crippen LogP contribution in [0.3, 0.4) is 0 Å². The van der Waals surface area contributed by atoms with E-state index in [0.29, 0.717) is 27.9 Å². The molecule has 3 aromatic rings. The summed E-state index contributed by atoms with van der Waals surface area (Å²) in [5.41, 5.74) is 3.07. The van der Waals surface area contributed by atoms with Crippen LogP contribution < -0.4 is 10.1 Å². The van der Waals surface area contributed by atoms with Crippen molar-refractivity contribution in [2.75, 3.05) is 19.7 Å². The van der Waals surface area contributed by atoms with Gasteiger partial charge in [0, 0.05) is 29.6 Å². The van der Waals surface area contributed by atoms with Gasteiger partial charge in [-0.15, -0.1) is 0 Å². The molecule has 3 heterocycles. The van der Waals surface area contributed by atoms with E-state index in [2.05, 4.69) is 16.3 Å². The minimum atomic E-state index is -0.723. The molecule has 0 aliphatic carbocycles. The highest BCUT2D eigenvalue weighted by atomic mass is 35.5. The van der Waals surface area contributed by atoms with Crippen molar-refractivity contribution in [3.63, 3.8) is 0 Å². The van der Waals surface area contributed by atoms with Gasteiger partial charge in [-0.05, 0) is 76.5 Å². The Morgan fingerprint density at radius 1 is 1.16 bits per heavy atom. The Morgan fingerprint density at radius 3 is 2.63 bits per heavy atom. The van der Waals surface area contributed by atoms with E-state index in [9.17, 15) is 9.59 Å². The largest absolute Gasteiger partial charge is 0.477 e. The smallest absolute Gasteiger partial charge is 0.419 e. The molecular weight excluding hydrogens is 504 g/mol. The molecule has 2 aliphatic rings. The van der Waals surface area contributed by atoms with Crippen LogP contribution in [-0.2, 0) is 17.8 Å². The van der Waals surface area contributed by atoms with Crippen LogP contribution in [-0.4, -0.2) is 46.8 Å². The number of benzene rings is 2. The first-order chi connectivity index (χ1) is 18.2. The highest BCUT2D eigenvalue weighted by Gasteiger charge is 2.32. The zero-order chi connectivity index (χ0) is 27.0. The van der Waals surface area contributed by atoms with Gasteiger partial charge in [0.2, 0.25) is 0 Å². The van der Waals surface area contributed by atoms with Crippen LogP contribution in [0.15, 0.2) is 30.3 Å². The Morgan fingerprint density at radius 2 is 1.92 bits per heavy atom. The SMILES string of the molecule is CC(C)(C)OC(=O)n1c(-c2cc(OCC#N)c(Cl)c3c2C(=O)NC3)cc2cc(CN3CCCCC3)ccc21. The number of carbonyl (C=O) groups excluding carboxylic acids is 2. The van der Waals surface area contributed by atoms with Crippen LogP contribution in [0.5, 0.6) is 5.75 Å². The van der Waals surface area contributed by atoms with Gasteiger partial charge in [0.05, 0.1) is 21.8 Å². The zero-order valence-corrected chi connectivity index (χ0v) is 22.7. The third-order valence-corrected chi connectivity index (χ3v) is 7.26. The average molecular weight is 535 g/mol. The van der Waals surface area contributed by atoms with Gasteiger partial charge in [-0.25, -0.2) is 9.36 Å². The molecule has 1 fully saturated rings. The van der Waals surface area contributed by atoms with Gasteiger partial charge < -0.3 is 14.8 Å². The van der Waals surface area contributed by atoms with Crippen molar-refractivity contribution in [2.45, 2.75) is 58.7 Å². The Balaban J connectivity index is 1.68. The van der Waals surface area contributed by atoms with Crippen molar-refractivity contribution >= 4 is 34.5 Å². The molecular formula is C29H31ClN4O4. The van der Waals surface area contributed by atoms with Crippen LogP contribution in [0.2, 0.25) is 5.02 Å². The third-order valence-electron chi connectivity index (χ3n) is 6.85. The van der Waals surface area contributed by atoms with E-state index in [1.807, 2.05) is 45.0 Å². The molecule has 0 unspecified atom stereocenters. The van der Waals surface area contributed by atoms with Crippen molar-refractivity contribution in [1.29, 1.82) is 5.26 Å². The molecule has 2 aromatic carbocycles. The van der Waals surface area contributed by atoms with Crippen molar-refractivity contribution in [1.82, 2.24) is 14.8 Å². The van der Waals surface area contributed by atoms with E-state index in [1.165, 1.54) is 23.8 Å². The van der Waals surface area contributed by atoms with Crippen LogP contribution in [0.4, 0.5) is 4.79 Å². The van der Waals surface area contributed by atoms with E-state index in [0.717, 1.165) is 30.6 Å². The normalized spacial score (nSPS) is 15.7. The lowest BCUT2D eigenvalue weighted by Crippen LogP contribution is -2.29. The monoisotopic (exact) mass is 534 g/mol. The fraction of sp³-hybridized carbons (Fsp3) is 0.414. The average Bonchev–Trinajstić information content (AvgIpc) is 3.44. The van der Waals surface area contributed by atoms with E-state index in [4.69, 9.17) is 26.3 Å². The quantitative estimate of drug-likeness (QED) is 0.439. The number of aromatic nitrogens is 1. The first-order valence-corrected chi connectivity index (χ1v) is 13.3. The highest BCUT2D eigenvalue weighted by molar-refractivity contribution is 6.34. The number of piperidine rings is 1. The molecule has 0 bridgehead atoms. The predicted molar refractivity (Wildman–Crippen MR) is 145 cm³/mol. The van der Waals surface area contributed by atoms with Gasteiger partial charge in [0.15, 0.2) is 6.61 Å². The Kier molecular flexibility index (Phi) is 7.08. The fourth-order valence-electron chi connectivity index (χ4n) is 5.23. The number of nitriles is 1. The van der Waals surface area contributed by atoms with Crippen LogP contribution in [0.25, 0.3) is 22.2 Å². The number of ether oxygens (including phenoxy) is 2. The number of nitrogens with one attached hydrogen (secondary N) is 1. The maximum Gasteiger partial charge on any atom is 0.419 e. The summed E-state index contributed by atoms with van der Waals surface area (Å²) < 4.78 is 12.9. The molecule has 2 aliphatic heterocycles. The lowest BCUT2D eigenvalue weighted by Gasteiger charge is -2.26. The first kappa shape index (κ1) is 26.1. The first-order valence-electron chi connectivity index (χ1n) is 12.9. The second kappa shape index (κ2) is 10.3. The van der Waals surface area contributed by atoms with Crippen molar-refractivity contribution in [2.24, 2.45) is 0 Å². The summed E-state index contributed by atoms with van der Waals surface area (Å²) in [6.45, 7) is 8.48. The highest BCUT2D eigenvalue weighted by Crippen LogP contribution is 2.42. The van der Waals surface area contributed by atoms with Gasteiger partial charge >= 0.3 is 6.09 Å². The minimum absolute atomic E-state index is 0.200. The predicted octanol–water partition coefficient (Wildman–Crippen LogP) is 5.88. The molecule has 0 spiro atoms. The molecule has 1 saturated heterocycles. The van der Waals surface area contributed by atoms with E-state index >= 15 is 0 Å². The Bertz CT molecular complexity index is 1460. The number of halogens is 1. The summed E-state index contributed by atoms with van der Waals surface area (Å²) in [7, 11) is 0. The molecule has 5 rings (SSSR count). The van der Waals surface area contributed by atoms with Gasteiger partial charge in [-0.3, -0.25) is 9.69 Å². The number of hydrogen-bond donors (Lipinski definition) is 1. The second-order valence-electron chi connectivity index (χ2n) is 10.8. The molecule has 1 N–H and O–H groups in total. The van der Waals surface area contributed by atoms with E-state index in [1.54, 1.807) is 6.07 Å². The summed E-state index contributed by atoms with van der Waals surface area (Å²) in [5, 5.41) is 13.0. The summed E-state index contributed by atoms with van der Waals surface area (Å²) in [5.74, 6) is 0.000708. The molecule has 0 saturated carbocycles. The molecule has 9 heteroatoms. The van der Waals surface area contributed by atoms with E-state index < -0.39 is 11.7 Å². The Labute approximate surface area is 227 Å². The number of carbonyl (C=O) groups is 2. The molecule has 8 nitrogen and oxygen atoms in total. The van der Waals surface area contributed by atoms with Gasteiger partial charge in [0.25, 0.3) is 5.91 Å². The van der Waals surface area contributed by atoms with Crippen LogP contribution >= 0.6 is 11.6 Å². The number of hydrogen-bond acceptors (Lipinski definition) is 6. The Hall–Kier alpha value is -3.54.